The molecule has 1 N–H and O–H groups in total. The third-order valence-electron chi connectivity index (χ3n) is 5.67. The Morgan fingerprint density at radius 2 is 1.72 bits per heavy atom. The number of nitrogens with zero attached hydrogens (tertiary/aromatic N) is 2. The maximum Gasteiger partial charge on any atom is 0.220 e. The minimum atomic E-state index is 0.106. The summed E-state index contributed by atoms with van der Waals surface area (Å²) < 4.78 is 5.18. The van der Waals surface area contributed by atoms with Crippen LogP contribution < -0.4 is 15.0 Å². The van der Waals surface area contributed by atoms with Crippen LogP contribution in [0.4, 0.5) is 5.69 Å². The van der Waals surface area contributed by atoms with Crippen LogP contribution in [0.15, 0.2) is 48.5 Å². The third kappa shape index (κ3) is 5.97. The maximum absolute atomic E-state index is 12.5. The number of methoxy groups -OCH3 is 1. The molecule has 1 atom stereocenters. The molecule has 0 aliphatic carbocycles. The van der Waals surface area contributed by atoms with E-state index in [2.05, 4.69) is 53.5 Å². The molecule has 0 saturated carbocycles. The SMILES string of the molecule is COc1ccc(CCC(=O)NC[C@@H](c2ccc(N(C)C)cc2)N2CCCC2)cc1. The van der Waals surface area contributed by atoms with Gasteiger partial charge in [0.15, 0.2) is 0 Å². The van der Waals surface area contributed by atoms with Gasteiger partial charge in [0, 0.05) is 32.7 Å². The zero-order chi connectivity index (χ0) is 20.6. The standard InChI is InChI=1S/C24H33N3O2/c1-26(2)21-11-9-20(10-12-21)23(27-16-4-5-17-27)18-25-24(28)15-8-19-6-13-22(29-3)14-7-19/h6-7,9-14,23H,4-5,8,15-18H2,1-3H3,(H,25,28)/t23-/m0/s1. The molecule has 0 bridgehead atoms. The zero-order valence-electron chi connectivity index (χ0n) is 17.9. The average Bonchev–Trinajstić information content (AvgIpc) is 3.27. The molecule has 1 saturated heterocycles. The van der Waals surface area contributed by atoms with E-state index in [0.29, 0.717) is 13.0 Å². The van der Waals surface area contributed by atoms with E-state index in [-0.39, 0.29) is 11.9 Å². The summed E-state index contributed by atoms with van der Waals surface area (Å²) in [6.45, 7) is 2.85. The molecule has 1 aliphatic rings. The van der Waals surface area contributed by atoms with Crippen molar-refractivity contribution in [3.8, 4) is 5.75 Å². The van der Waals surface area contributed by atoms with Gasteiger partial charge < -0.3 is 15.0 Å². The Bertz CT molecular complexity index is 766. The first-order valence-electron chi connectivity index (χ1n) is 10.5. The molecule has 0 spiro atoms. The van der Waals surface area contributed by atoms with Crippen molar-refractivity contribution in [2.75, 3.05) is 45.7 Å². The van der Waals surface area contributed by atoms with Crippen molar-refractivity contribution < 1.29 is 9.53 Å². The van der Waals surface area contributed by atoms with Gasteiger partial charge >= 0.3 is 0 Å². The number of ether oxygens (including phenoxy) is 1. The minimum absolute atomic E-state index is 0.106. The average molecular weight is 396 g/mol. The second kappa shape index (κ2) is 10.3. The van der Waals surface area contributed by atoms with Crippen molar-refractivity contribution in [2.24, 2.45) is 0 Å². The summed E-state index contributed by atoms with van der Waals surface area (Å²) in [5, 5.41) is 3.17. The fraction of sp³-hybridized carbons (Fsp3) is 0.458. The van der Waals surface area contributed by atoms with Crippen LogP contribution in [0.1, 0.15) is 36.4 Å². The molecule has 0 unspecified atom stereocenters. The van der Waals surface area contributed by atoms with Crippen LogP contribution in [-0.2, 0) is 11.2 Å². The lowest BCUT2D eigenvalue weighted by molar-refractivity contribution is -0.121. The molecule has 29 heavy (non-hydrogen) atoms. The van der Waals surface area contributed by atoms with Gasteiger partial charge in [-0.25, -0.2) is 0 Å². The number of rotatable bonds is 9. The van der Waals surface area contributed by atoms with E-state index in [1.54, 1.807) is 7.11 Å². The van der Waals surface area contributed by atoms with E-state index < -0.39 is 0 Å². The van der Waals surface area contributed by atoms with E-state index in [1.165, 1.54) is 24.1 Å². The van der Waals surface area contributed by atoms with Gasteiger partial charge in [-0.1, -0.05) is 24.3 Å². The molecule has 1 fully saturated rings. The third-order valence-corrected chi connectivity index (χ3v) is 5.67. The Kier molecular flexibility index (Phi) is 7.53. The predicted octanol–water partition coefficient (Wildman–Crippen LogP) is 3.65. The van der Waals surface area contributed by atoms with Crippen LogP contribution in [-0.4, -0.2) is 51.6 Å². The van der Waals surface area contributed by atoms with Gasteiger partial charge in [0.1, 0.15) is 5.75 Å². The van der Waals surface area contributed by atoms with Crippen molar-refractivity contribution >= 4 is 11.6 Å². The molecule has 156 valence electrons. The van der Waals surface area contributed by atoms with Crippen molar-refractivity contribution in [3.05, 3.63) is 59.7 Å². The number of hydrogen-bond acceptors (Lipinski definition) is 4. The first kappa shape index (κ1) is 21.2. The highest BCUT2D eigenvalue weighted by Gasteiger charge is 2.24. The largest absolute Gasteiger partial charge is 0.497 e. The van der Waals surface area contributed by atoms with Crippen LogP contribution in [0.25, 0.3) is 0 Å². The van der Waals surface area contributed by atoms with Gasteiger partial charge in [-0.2, -0.15) is 0 Å². The molecule has 5 heteroatoms. The number of carbonyl (C=O) groups is 1. The molecule has 2 aromatic carbocycles. The second-order valence-electron chi connectivity index (χ2n) is 7.90. The van der Waals surface area contributed by atoms with Gasteiger partial charge in [0.05, 0.1) is 13.2 Å². The lowest BCUT2D eigenvalue weighted by Gasteiger charge is -2.28. The van der Waals surface area contributed by atoms with Crippen molar-refractivity contribution in [1.82, 2.24) is 10.2 Å². The van der Waals surface area contributed by atoms with Gasteiger partial charge in [-0.05, 0) is 67.7 Å². The first-order valence-corrected chi connectivity index (χ1v) is 10.5. The fourth-order valence-electron chi connectivity index (χ4n) is 3.85. The highest BCUT2D eigenvalue weighted by atomic mass is 16.5. The Morgan fingerprint density at radius 1 is 1.07 bits per heavy atom. The zero-order valence-corrected chi connectivity index (χ0v) is 17.9. The second-order valence-corrected chi connectivity index (χ2v) is 7.90. The Labute approximate surface area is 174 Å². The first-order chi connectivity index (χ1) is 14.1. The Balaban J connectivity index is 1.56. The molecule has 1 aliphatic heterocycles. The van der Waals surface area contributed by atoms with Crippen LogP contribution >= 0.6 is 0 Å². The van der Waals surface area contributed by atoms with Gasteiger partial charge in [-0.15, -0.1) is 0 Å². The highest BCUT2D eigenvalue weighted by Crippen LogP contribution is 2.26. The Hall–Kier alpha value is -2.53. The van der Waals surface area contributed by atoms with E-state index in [4.69, 9.17) is 4.74 Å². The normalized spacial score (nSPS) is 15.1. The van der Waals surface area contributed by atoms with Crippen LogP contribution in [0.5, 0.6) is 5.75 Å². The molecule has 1 amide bonds. The topological polar surface area (TPSA) is 44.8 Å². The maximum atomic E-state index is 12.5. The number of likely N-dealkylation sites (tertiary alicyclic amines) is 1. The van der Waals surface area contributed by atoms with Crippen LogP contribution in [0.2, 0.25) is 0 Å². The number of anilines is 1. The summed E-state index contributed by atoms with van der Waals surface area (Å²) in [5.74, 6) is 0.946. The van der Waals surface area contributed by atoms with E-state index in [1.807, 2.05) is 24.3 Å². The number of amides is 1. The number of carbonyl (C=O) groups excluding carboxylic acids is 1. The summed E-state index contributed by atoms with van der Waals surface area (Å²) in [6.07, 6.45) is 3.70. The van der Waals surface area contributed by atoms with Crippen molar-refractivity contribution in [3.63, 3.8) is 0 Å². The number of benzene rings is 2. The minimum Gasteiger partial charge on any atom is -0.497 e. The number of nitrogens with one attached hydrogen (secondary N) is 1. The molecule has 3 rings (SSSR count). The molecular formula is C24H33N3O2. The van der Waals surface area contributed by atoms with E-state index in [9.17, 15) is 4.79 Å². The summed E-state index contributed by atoms with van der Waals surface area (Å²) in [5.41, 5.74) is 3.61. The molecule has 5 nitrogen and oxygen atoms in total. The summed E-state index contributed by atoms with van der Waals surface area (Å²) >= 11 is 0. The fourth-order valence-corrected chi connectivity index (χ4v) is 3.85. The number of aryl methyl sites for hydroxylation is 1. The molecule has 2 aromatic rings. The smallest absolute Gasteiger partial charge is 0.220 e. The summed E-state index contributed by atoms with van der Waals surface area (Å²) in [7, 11) is 5.76. The van der Waals surface area contributed by atoms with Gasteiger partial charge in [0.25, 0.3) is 0 Å². The van der Waals surface area contributed by atoms with Gasteiger partial charge in [0.2, 0.25) is 5.91 Å². The highest BCUT2D eigenvalue weighted by molar-refractivity contribution is 5.76. The van der Waals surface area contributed by atoms with Gasteiger partial charge in [-0.3, -0.25) is 9.69 Å². The molecule has 0 radical (unpaired) electrons. The molecule has 0 aromatic heterocycles. The van der Waals surface area contributed by atoms with Crippen LogP contribution in [0, 0.1) is 0 Å². The van der Waals surface area contributed by atoms with Crippen molar-refractivity contribution in [2.45, 2.75) is 31.7 Å². The number of hydrogen-bond donors (Lipinski definition) is 1. The quantitative estimate of drug-likeness (QED) is 0.704. The monoisotopic (exact) mass is 395 g/mol. The van der Waals surface area contributed by atoms with Crippen molar-refractivity contribution in [1.29, 1.82) is 0 Å². The summed E-state index contributed by atoms with van der Waals surface area (Å²) in [4.78, 5) is 17.1. The lowest BCUT2D eigenvalue weighted by Crippen LogP contribution is -2.36. The lowest BCUT2D eigenvalue weighted by atomic mass is 10.0. The van der Waals surface area contributed by atoms with E-state index >= 15 is 0 Å². The summed E-state index contributed by atoms with van der Waals surface area (Å²) in [6, 6.07) is 16.9. The molecular weight excluding hydrogens is 362 g/mol. The predicted molar refractivity (Wildman–Crippen MR) is 119 cm³/mol. The molecule has 1 heterocycles. The Morgan fingerprint density at radius 3 is 2.31 bits per heavy atom. The van der Waals surface area contributed by atoms with Crippen LogP contribution in [0.3, 0.4) is 0 Å². The van der Waals surface area contributed by atoms with E-state index in [0.717, 1.165) is 30.8 Å².